The molecule has 1 amide bonds. The molecule has 50 heavy (non-hydrogen) atoms. The highest BCUT2D eigenvalue weighted by Gasteiger charge is 2.44. The fraction of sp³-hybridized carbons (Fsp3) is 0.821. The molecule has 292 valence electrons. The van der Waals surface area contributed by atoms with Crippen LogP contribution in [0.3, 0.4) is 0 Å². The molecule has 0 radical (unpaired) electrons. The number of amides is 1. The van der Waals surface area contributed by atoms with Crippen LogP contribution in [-0.4, -0.2) is 110 Å². The third kappa shape index (κ3) is 20.4. The van der Waals surface area contributed by atoms with Gasteiger partial charge in [-0.25, -0.2) is 0 Å². The van der Waals surface area contributed by atoms with Gasteiger partial charge in [-0.3, -0.25) is 4.79 Å². The number of unbranched alkanes of at least 4 members (excludes halogenated alkanes) is 12. The van der Waals surface area contributed by atoms with E-state index in [9.17, 15) is 40.5 Å². The molecule has 8 N–H and O–H groups in total. The van der Waals surface area contributed by atoms with Gasteiger partial charge in [0.25, 0.3) is 0 Å². The number of hydrogen-bond donors (Lipinski definition) is 8. The number of allylic oxidation sites excluding steroid dienone is 6. The van der Waals surface area contributed by atoms with Gasteiger partial charge in [0.2, 0.25) is 5.91 Å². The average Bonchev–Trinajstić information content (AvgIpc) is 3.11. The molecule has 1 aliphatic rings. The third-order valence-electron chi connectivity index (χ3n) is 9.16. The first-order valence-corrected chi connectivity index (χ1v) is 19.4. The number of aliphatic hydroxyl groups excluding tert-OH is 7. The van der Waals surface area contributed by atoms with E-state index in [-0.39, 0.29) is 12.8 Å². The first kappa shape index (κ1) is 46.4. The minimum Gasteiger partial charge on any atom is -0.394 e. The highest BCUT2D eigenvalue weighted by Crippen LogP contribution is 2.23. The Morgan fingerprint density at radius 2 is 1.24 bits per heavy atom. The van der Waals surface area contributed by atoms with Crippen LogP contribution in [0, 0.1) is 0 Å². The van der Waals surface area contributed by atoms with Crippen molar-refractivity contribution < 1.29 is 50.0 Å². The molecule has 9 atom stereocenters. The molecule has 0 aromatic heterocycles. The second-order valence-electron chi connectivity index (χ2n) is 13.6. The van der Waals surface area contributed by atoms with Gasteiger partial charge in [0.05, 0.1) is 25.4 Å². The fourth-order valence-corrected chi connectivity index (χ4v) is 5.89. The third-order valence-corrected chi connectivity index (χ3v) is 9.16. The Morgan fingerprint density at radius 1 is 0.700 bits per heavy atom. The van der Waals surface area contributed by atoms with Crippen LogP contribution in [0.1, 0.15) is 136 Å². The van der Waals surface area contributed by atoms with E-state index in [0.29, 0.717) is 19.3 Å². The number of ether oxygens (including phenoxy) is 2. The summed E-state index contributed by atoms with van der Waals surface area (Å²) < 4.78 is 11.0. The lowest BCUT2D eigenvalue weighted by Gasteiger charge is -2.40. The molecular formula is C39H71NO10. The van der Waals surface area contributed by atoms with Crippen molar-refractivity contribution in [1.29, 1.82) is 0 Å². The second-order valence-corrected chi connectivity index (χ2v) is 13.6. The summed E-state index contributed by atoms with van der Waals surface area (Å²) >= 11 is 0. The highest BCUT2D eigenvalue weighted by atomic mass is 16.7. The van der Waals surface area contributed by atoms with Gasteiger partial charge >= 0.3 is 0 Å². The van der Waals surface area contributed by atoms with Crippen molar-refractivity contribution in [2.45, 2.75) is 191 Å². The van der Waals surface area contributed by atoms with Gasteiger partial charge in [0.15, 0.2) is 6.29 Å². The zero-order valence-electron chi connectivity index (χ0n) is 30.9. The van der Waals surface area contributed by atoms with Crippen molar-refractivity contribution in [2.24, 2.45) is 0 Å². The molecule has 9 unspecified atom stereocenters. The Bertz CT molecular complexity index is 913. The highest BCUT2D eigenvalue weighted by molar-refractivity contribution is 5.80. The molecule has 1 rings (SSSR count). The van der Waals surface area contributed by atoms with Crippen molar-refractivity contribution in [2.75, 3.05) is 13.2 Å². The van der Waals surface area contributed by atoms with Crippen LogP contribution in [0.5, 0.6) is 0 Å². The number of carbonyl (C=O) groups excluding carboxylic acids is 1. The summed E-state index contributed by atoms with van der Waals surface area (Å²) in [6.07, 6.45) is 19.3. The summed E-state index contributed by atoms with van der Waals surface area (Å²) in [6.45, 7) is 3.24. The van der Waals surface area contributed by atoms with E-state index in [4.69, 9.17) is 9.47 Å². The lowest BCUT2D eigenvalue weighted by molar-refractivity contribution is -0.303. The largest absolute Gasteiger partial charge is 0.394 e. The molecule has 0 spiro atoms. The van der Waals surface area contributed by atoms with Crippen LogP contribution in [0.2, 0.25) is 0 Å². The van der Waals surface area contributed by atoms with E-state index in [1.165, 1.54) is 38.5 Å². The predicted octanol–water partition coefficient (Wildman–Crippen LogP) is 4.49. The second kappa shape index (κ2) is 29.9. The monoisotopic (exact) mass is 714 g/mol. The van der Waals surface area contributed by atoms with Gasteiger partial charge in [-0.15, -0.1) is 0 Å². The van der Waals surface area contributed by atoms with Crippen LogP contribution >= 0.6 is 0 Å². The normalized spacial score (nSPS) is 23.9. The number of nitrogens with one attached hydrogen (secondary N) is 1. The Balaban J connectivity index is 2.62. The Hall–Kier alpha value is -1.67. The van der Waals surface area contributed by atoms with E-state index < -0.39 is 74.2 Å². The lowest BCUT2D eigenvalue weighted by atomic mass is 9.98. The van der Waals surface area contributed by atoms with Gasteiger partial charge in [-0.2, -0.15) is 0 Å². The summed E-state index contributed by atoms with van der Waals surface area (Å²) in [6, 6.07) is -1.19. The molecule has 1 aliphatic heterocycles. The summed E-state index contributed by atoms with van der Waals surface area (Å²) in [5.41, 5.74) is 0. The van der Waals surface area contributed by atoms with Crippen molar-refractivity contribution in [3.8, 4) is 0 Å². The predicted molar refractivity (Wildman–Crippen MR) is 196 cm³/mol. The zero-order valence-corrected chi connectivity index (χ0v) is 30.9. The van der Waals surface area contributed by atoms with Crippen LogP contribution in [0.25, 0.3) is 0 Å². The van der Waals surface area contributed by atoms with Crippen LogP contribution in [0.4, 0.5) is 0 Å². The molecule has 0 aromatic carbocycles. The van der Waals surface area contributed by atoms with Gasteiger partial charge in [0.1, 0.15) is 36.6 Å². The van der Waals surface area contributed by atoms with Crippen LogP contribution in [-0.2, 0) is 14.3 Å². The van der Waals surface area contributed by atoms with E-state index in [1.54, 1.807) is 0 Å². The molecule has 11 heteroatoms. The molecule has 1 heterocycles. The standard InChI is InChI=1S/C39H71NO10/c1-3-5-7-9-11-13-15-16-17-19-20-22-24-26-31(42)34(44)30(29-49-39-37(47)36(46)35(45)33(28-41)50-39)40-38(48)32(43)27-25-23-21-18-14-12-10-8-6-4-2/h5,7,13,15,19-20,30-37,39,41-47H,3-4,6,8-12,14,16-18,21-29H2,1-2H3,(H,40,48)/b7-5+,15-13+,20-19+. The van der Waals surface area contributed by atoms with Gasteiger partial charge in [0, 0.05) is 0 Å². The zero-order chi connectivity index (χ0) is 37.0. The van der Waals surface area contributed by atoms with Gasteiger partial charge in [-0.05, 0) is 57.8 Å². The topological polar surface area (TPSA) is 189 Å². The van der Waals surface area contributed by atoms with E-state index in [1.807, 2.05) is 6.08 Å². The average molecular weight is 714 g/mol. The fourth-order valence-electron chi connectivity index (χ4n) is 5.89. The quantitative estimate of drug-likeness (QED) is 0.0389. The SMILES string of the molecule is CC/C=C/CC/C=C/CC/C=C/CCCC(O)C(O)C(COC1OC(CO)C(O)C(O)C1O)NC(=O)C(O)CCCCCCCCCCCC. The smallest absolute Gasteiger partial charge is 0.249 e. The minimum absolute atomic E-state index is 0.240. The molecule has 0 aliphatic carbocycles. The summed E-state index contributed by atoms with van der Waals surface area (Å²) in [4.78, 5) is 13.0. The molecule has 0 bridgehead atoms. The maximum Gasteiger partial charge on any atom is 0.249 e. The summed E-state index contributed by atoms with van der Waals surface area (Å²) in [5.74, 6) is -0.719. The molecule has 1 saturated heterocycles. The number of hydrogen-bond acceptors (Lipinski definition) is 10. The first-order chi connectivity index (χ1) is 24.2. The minimum atomic E-state index is -1.67. The molecule has 11 nitrogen and oxygen atoms in total. The van der Waals surface area contributed by atoms with Crippen LogP contribution in [0.15, 0.2) is 36.5 Å². The number of rotatable bonds is 30. The number of carbonyl (C=O) groups is 1. The van der Waals surface area contributed by atoms with Crippen molar-refractivity contribution in [1.82, 2.24) is 5.32 Å². The Labute approximate surface area is 301 Å². The summed E-state index contributed by atoms with van der Waals surface area (Å²) in [5, 5.41) is 75.1. The molecular weight excluding hydrogens is 642 g/mol. The van der Waals surface area contributed by atoms with Crippen LogP contribution < -0.4 is 5.32 Å². The Kier molecular flexibility index (Phi) is 27.7. The van der Waals surface area contributed by atoms with E-state index >= 15 is 0 Å². The summed E-state index contributed by atoms with van der Waals surface area (Å²) in [7, 11) is 0. The van der Waals surface area contributed by atoms with E-state index in [0.717, 1.165) is 51.4 Å². The first-order valence-electron chi connectivity index (χ1n) is 19.4. The van der Waals surface area contributed by atoms with Gasteiger partial charge < -0.3 is 50.5 Å². The van der Waals surface area contributed by atoms with Crippen molar-refractivity contribution >= 4 is 5.91 Å². The number of aliphatic hydroxyl groups is 7. The van der Waals surface area contributed by atoms with Gasteiger partial charge in [-0.1, -0.05) is 115 Å². The van der Waals surface area contributed by atoms with E-state index in [2.05, 4.69) is 49.5 Å². The van der Waals surface area contributed by atoms with Crippen molar-refractivity contribution in [3.05, 3.63) is 36.5 Å². The molecule has 1 fully saturated rings. The molecule has 0 saturated carbocycles. The lowest BCUT2D eigenvalue weighted by Crippen LogP contribution is -2.60. The van der Waals surface area contributed by atoms with Crippen molar-refractivity contribution in [3.63, 3.8) is 0 Å². The molecule has 0 aromatic rings. The Morgan fingerprint density at radius 3 is 1.80 bits per heavy atom. The maximum absolute atomic E-state index is 13.0. The maximum atomic E-state index is 13.0.